The number of phenolic OH excluding ortho intramolecular Hbond substituents is 1. The van der Waals surface area contributed by atoms with Crippen LogP contribution in [0.2, 0.25) is 0 Å². The summed E-state index contributed by atoms with van der Waals surface area (Å²) in [4.78, 5) is 42.2. The van der Waals surface area contributed by atoms with Gasteiger partial charge in [-0.2, -0.15) is 0 Å². The van der Waals surface area contributed by atoms with E-state index >= 15 is 0 Å². The number of aromatic hydroxyl groups is 1. The standard InChI is InChI=1S/C39H55ClN2O9/c1-25(41(8)35(45)39(14-16-47-17-15-39)22-34(44)51-37(4,5)6)18-29-10-12-30-33(21-29)49-24-38(30,7)23-48-32-13-11-28(20-31(32)43)19-26(2)42(9)36(46)50-27(3)40/h10-13,20-21,25-27,43H,14-19,22-24H2,1-9H3. The van der Waals surface area contributed by atoms with Gasteiger partial charge in [0.05, 0.1) is 17.3 Å². The van der Waals surface area contributed by atoms with Gasteiger partial charge >= 0.3 is 12.1 Å². The molecule has 4 unspecified atom stereocenters. The lowest BCUT2D eigenvalue weighted by atomic mass is 9.75. The number of hydrogen-bond donors (Lipinski definition) is 1. The smallest absolute Gasteiger partial charge is 0.411 e. The maximum atomic E-state index is 14.0. The Hall–Kier alpha value is -3.70. The highest BCUT2D eigenvalue weighted by atomic mass is 35.5. The fourth-order valence-electron chi connectivity index (χ4n) is 6.61. The first-order chi connectivity index (χ1) is 23.8. The predicted octanol–water partition coefficient (Wildman–Crippen LogP) is 6.62. The van der Waals surface area contributed by atoms with Crippen molar-refractivity contribution in [2.24, 2.45) is 5.41 Å². The third-order valence-electron chi connectivity index (χ3n) is 9.87. The molecule has 0 bridgehead atoms. The molecule has 1 N–H and O–H groups in total. The van der Waals surface area contributed by atoms with E-state index in [1.165, 1.54) is 4.90 Å². The van der Waals surface area contributed by atoms with Crippen LogP contribution in [0.15, 0.2) is 36.4 Å². The van der Waals surface area contributed by atoms with Crippen molar-refractivity contribution >= 4 is 29.6 Å². The lowest BCUT2D eigenvalue weighted by molar-refractivity contribution is -0.166. The number of fused-ring (bicyclic) bond motifs is 1. The van der Waals surface area contributed by atoms with Crippen molar-refractivity contribution in [1.29, 1.82) is 0 Å². The number of rotatable bonds is 13. The summed E-state index contributed by atoms with van der Waals surface area (Å²) in [6, 6.07) is 11.1. The minimum atomic E-state index is -0.852. The molecule has 0 saturated carbocycles. The lowest BCUT2D eigenvalue weighted by Gasteiger charge is -2.40. The van der Waals surface area contributed by atoms with Gasteiger partial charge < -0.3 is 38.6 Å². The Morgan fingerprint density at radius 1 is 0.961 bits per heavy atom. The van der Waals surface area contributed by atoms with Crippen LogP contribution in [0, 0.1) is 5.41 Å². The van der Waals surface area contributed by atoms with Crippen molar-refractivity contribution in [1.82, 2.24) is 9.80 Å². The van der Waals surface area contributed by atoms with Gasteiger partial charge in [-0.25, -0.2) is 4.79 Å². The SMILES string of the molecule is CC(Cl)OC(=O)N(C)C(C)Cc1ccc(OCC2(C)COc3cc(CC(C)N(C)C(=O)C4(CC(=O)OC(C)(C)C)CCOCC4)ccc32)c(O)c1. The average Bonchev–Trinajstić information content (AvgIpc) is 3.37. The Balaban J connectivity index is 1.37. The number of nitrogens with zero attached hydrogens (tertiary/aromatic N) is 2. The number of ether oxygens (including phenoxy) is 5. The second-order valence-electron chi connectivity index (χ2n) is 15.5. The summed E-state index contributed by atoms with van der Waals surface area (Å²) in [6.45, 7) is 14.6. The van der Waals surface area contributed by atoms with Crippen molar-refractivity contribution in [2.45, 2.75) is 109 Å². The first kappa shape index (κ1) is 40.1. The molecule has 2 heterocycles. The molecule has 2 aromatic carbocycles. The number of carbonyl (C=O) groups is 3. The number of amides is 2. The van der Waals surface area contributed by atoms with Crippen LogP contribution in [0.1, 0.15) is 84.4 Å². The molecular weight excluding hydrogens is 676 g/mol. The molecule has 1 fully saturated rings. The number of benzene rings is 2. The molecular formula is C39H55ClN2O9. The minimum absolute atomic E-state index is 0.0127. The Morgan fingerprint density at radius 2 is 1.57 bits per heavy atom. The van der Waals surface area contributed by atoms with Gasteiger partial charge in [-0.1, -0.05) is 29.8 Å². The van der Waals surface area contributed by atoms with Crippen LogP contribution < -0.4 is 9.47 Å². The molecule has 4 atom stereocenters. The Labute approximate surface area is 307 Å². The molecule has 0 aromatic heterocycles. The molecule has 12 heteroatoms. The number of hydrogen-bond acceptors (Lipinski definition) is 9. The highest BCUT2D eigenvalue weighted by Gasteiger charge is 2.45. The predicted molar refractivity (Wildman–Crippen MR) is 194 cm³/mol. The third-order valence-corrected chi connectivity index (χ3v) is 9.96. The van der Waals surface area contributed by atoms with Crippen LogP contribution in [-0.2, 0) is 42.1 Å². The molecule has 0 radical (unpaired) electrons. The van der Waals surface area contributed by atoms with Gasteiger partial charge in [0.25, 0.3) is 0 Å². The number of alkyl halides is 1. The number of likely N-dealkylation sites (N-methyl/N-ethyl adjacent to an activating group) is 2. The van der Waals surface area contributed by atoms with E-state index in [4.69, 9.17) is 35.3 Å². The first-order valence-corrected chi connectivity index (χ1v) is 18.1. The van der Waals surface area contributed by atoms with Crippen molar-refractivity contribution in [3.8, 4) is 17.2 Å². The molecule has 11 nitrogen and oxygen atoms in total. The van der Waals surface area contributed by atoms with Gasteiger partial charge in [-0.15, -0.1) is 0 Å². The second-order valence-corrected chi connectivity index (χ2v) is 16.1. The number of halogens is 1. The average molecular weight is 731 g/mol. The molecule has 0 spiro atoms. The largest absolute Gasteiger partial charge is 0.504 e. The van der Waals surface area contributed by atoms with Gasteiger partial charge in [0.2, 0.25) is 5.91 Å². The third kappa shape index (κ3) is 10.2. The summed E-state index contributed by atoms with van der Waals surface area (Å²) in [6.07, 6.45) is 1.57. The van der Waals surface area contributed by atoms with Gasteiger partial charge in [0.1, 0.15) is 24.6 Å². The van der Waals surface area contributed by atoms with Gasteiger partial charge in [0, 0.05) is 45.0 Å². The quantitative estimate of drug-likeness (QED) is 0.179. The van der Waals surface area contributed by atoms with E-state index < -0.39 is 28.1 Å². The van der Waals surface area contributed by atoms with E-state index in [1.54, 1.807) is 38.1 Å². The summed E-state index contributed by atoms with van der Waals surface area (Å²) < 4.78 is 28.5. The molecule has 4 rings (SSSR count). The Bertz CT molecular complexity index is 1550. The number of phenols is 1. The molecule has 0 aliphatic carbocycles. The normalized spacial score (nSPS) is 19.9. The molecule has 2 amide bonds. The van der Waals surface area contributed by atoms with Crippen molar-refractivity contribution < 1.29 is 43.2 Å². The molecule has 51 heavy (non-hydrogen) atoms. The first-order valence-electron chi connectivity index (χ1n) is 17.7. The highest BCUT2D eigenvalue weighted by Crippen LogP contribution is 2.41. The van der Waals surface area contributed by atoms with Crippen LogP contribution >= 0.6 is 11.6 Å². The zero-order valence-corrected chi connectivity index (χ0v) is 32.3. The van der Waals surface area contributed by atoms with Crippen LogP contribution in [-0.4, -0.2) is 96.6 Å². The Morgan fingerprint density at radius 3 is 2.18 bits per heavy atom. The summed E-state index contributed by atoms with van der Waals surface area (Å²) in [5, 5.41) is 10.8. The zero-order valence-electron chi connectivity index (χ0n) is 31.5. The molecule has 2 aromatic rings. The second kappa shape index (κ2) is 16.3. The lowest BCUT2D eigenvalue weighted by Crippen LogP contribution is -2.50. The van der Waals surface area contributed by atoms with Gasteiger partial charge in [-0.3, -0.25) is 9.59 Å². The molecule has 2 aliphatic heterocycles. The summed E-state index contributed by atoms with van der Waals surface area (Å²) in [7, 11) is 3.45. The fourth-order valence-corrected chi connectivity index (χ4v) is 6.69. The number of carbonyl (C=O) groups excluding carboxylic acids is 3. The van der Waals surface area contributed by atoms with Gasteiger partial charge in [-0.05, 0) is 103 Å². The topological polar surface area (TPSA) is 124 Å². The molecule has 2 aliphatic rings. The van der Waals surface area contributed by atoms with Crippen LogP contribution in [0.4, 0.5) is 4.79 Å². The number of esters is 1. The van der Waals surface area contributed by atoms with E-state index in [9.17, 15) is 19.5 Å². The van der Waals surface area contributed by atoms with E-state index in [0.29, 0.717) is 51.3 Å². The molecule has 282 valence electrons. The highest BCUT2D eigenvalue weighted by molar-refractivity contribution is 6.19. The fraction of sp³-hybridized carbons (Fsp3) is 0.615. The van der Waals surface area contributed by atoms with Crippen molar-refractivity contribution in [3.05, 3.63) is 53.1 Å². The molecule has 1 saturated heterocycles. The summed E-state index contributed by atoms with van der Waals surface area (Å²) in [5.41, 5.74) is 0.216. The summed E-state index contributed by atoms with van der Waals surface area (Å²) in [5.74, 6) is 0.706. The summed E-state index contributed by atoms with van der Waals surface area (Å²) >= 11 is 5.78. The maximum Gasteiger partial charge on any atom is 0.411 e. The zero-order chi connectivity index (χ0) is 37.7. The van der Waals surface area contributed by atoms with Gasteiger partial charge in [0.15, 0.2) is 17.1 Å². The Kier molecular flexibility index (Phi) is 12.8. The van der Waals surface area contributed by atoms with Crippen LogP contribution in [0.3, 0.4) is 0 Å². The maximum absolute atomic E-state index is 14.0. The minimum Gasteiger partial charge on any atom is -0.504 e. The van der Waals surface area contributed by atoms with E-state index in [0.717, 1.165) is 22.4 Å². The van der Waals surface area contributed by atoms with E-state index in [2.05, 4.69) is 19.1 Å². The van der Waals surface area contributed by atoms with Crippen molar-refractivity contribution in [3.63, 3.8) is 0 Å². The van der Waals surface area contributed by atoms with Crippen LogP contribution in [0.5, 0.6) is 17.2 Å². The van der Waals surface area contributed by atoms with E-state index in [1.807, 2.05) is 46.8 Å². The van der Waals surface area contributed by atoms with Crippen molar-refractivity contribution in [2.75, 3.05) is 40.5 Å². The van der Waals surface area contributed by atoms with E-state index in [-0.39, 0.29) is 42.7 Å². The van der Waals surface area contributed by atoms with Crippen LogP contribution in [0.25, 0.3) is 0 Å². The monoisotopic (exact) mass is 730 g/mol.